The monoisotopic (exact) mass is 318 g/mol. The van der Waals surface area contributed by atoms with Gasteiger partial charge in [-0.2, -0.15) is 13.2 Å². The third-order valence-corrected chi connectivity index (χ3v) is 4.54. The minimum Gasteiger partial charge on any atom is -0.314 e. The van der Waals surface area contributed by atoms with Crippen molar-refractivity contribution in [3.05, 3.63) is 29.8 Å². The van der Waals surface area contributed by atoms with Crippen molar-refractivity contribution in [2.45, 2.75) is 30.0 Å². The van der Waals surface area contributed by atoms with E-state index in [9.17, 15) is 13.2 Å². The van der Waals surface area contributed by atoms with E-state index in [1.165, 1.54) is 0 Å². The van der Waals surface area contributed by atoms with Crippen molar-refractivity contribution in [3.63, 3.8) is 0 Å². The van der Waals surface area contributed by atoms with Crippen LogP contribution < -0.4 is 5.32 Å². The van der Waals surface area contributed by atoms with Crippen molar-refractivity contribution in [1.82, 2.24) is 10.2 Å². The summed E-state index contributed by atoms with van der Waals surface area (Å²) in [6, 6.07) is 7.76. The summed E-state index contributed by atoms with van der Waals surface area (Å²) in [4.78, 5) is 3.30. The molecule has 2 rings (SSSR count). The van der Waals surface area contributed by atoms with Crippen molar-refractivity contribution < 1.29 is 13.2 Å². The average Bonchev–Trinajstić information content (AvgIpc) is 2.48. The molecule has 1 aliphatic rings. The first kappa shape index (κ1) is 16.6. The standard InChI is InChI=1S/C15H21F3N2S/c1-21-13-4-2-12(3-5-13)14(6-7-15(16,17)18)20-10-8-19-9-11-20/h2-5,14,19H,6-11H2,1H3/t14-/m1/s1. The van der Waals surface area contributed by atoms with Gasteiger partial charge >= 0.3 is 6.18 Å². The SMILES string of the molecule is CSc1ccc([C@@H](CCC(F)(F)F)N2CCNCC2)cc1. The molecule has 21 heavy (non-hydrogen) atoms. The van der Waals surface area contributed by atoms with Gasteiger partial charge in [-0.3, -0.25) is 4.90 Å². The van der Waals surface area contributed by atoms with Gasteiger partial charge in [0.25, 0.3) is 0 Å². The molecule has 0 aromatic heterocycles. The zero-order valence-corrected chi connectivity index (χ0v) is 12.9. The number of alkyl halides is 3. The first-order chi connectivity index (χ1) is 9.99. The third-order valence-electron chi connectivity index (χ3n) is 3.79. The zero-order chi connectivity index (χ0) is 15.3. The van der Waals surface area contributed by atoms with Crippen LogP contribution in [-0.2, 0) is 0 Å². The Hall–Kier alpha value is -0.720. The molecule has 1 atom stereocenters. The zero-order valence-electron chi connectivity index (χ0n) is 12.1. The molecule has 2 nitrogen and oxygen atoms in total. The highest BCUT2D eigenvalue weighted by Gasteiger charge is 2.31. The van der Waals surface area contributed by atoms with Gasteiger partial charge in [0.1, 0.15) is 0 Å². The first-order valence-corrected chi connectivity index (χ1v) is 8.37. The highest BCUT2D eigenvalue weighted by molar-refractivity contribution is 7.98. The van der Waals surface area contributed by atoms with Gasteiger partial charge in [0.15, 0.2) is 0 Å². The summed E-state index contributed by atoms with van der Waals surface area (Å²) in [5, 5.41) is 3.24. The molecule has 0 amide bonds. The van der Waals surface area contributed by atoms with E-state index in [4.69, 9.17) is 0 Å². The molecule has 0 aliphatic carbocycles. The molecule has 6 heteroatoms. The fraction of sp³-hybridized carbons (Fsp3) is 0.600. The van der Waals surface area contributed by atoms with Crippen molar-refractivity contribution in [1.29, 1.82) is 0 Å². The van der Waals surface area contributed by atoms with Crippen LogP contribution in [0, 0.1) is 0 Å². The maximum Gasteiger partial charge on any atom is 0.389 e. The molecule has 1 saturated heterocycles. The lowest BCUT2D eigenvalue weighted by Gasteiger charge is -2.35. The smallest absolute Gasteiger partial charge is 0.314 e. The molecule has 0 radical (unpaired) electrons. The highest BCUT2D eigenvalue weighted by atomic mass is 32.2. The highest BCUT2D eigenvalue weighted by Crippen LogP contribution is 2.32. The Morgan fingerprint density at radius 2 is 1.81 bits per heavy atom. The number of halogens is 3. The van der Waals surface area contributed by atoms with Crippen molar-refractivity contribution in [3.8, 4) is 0 Å². The van der Waals surface area contributed by atoms with Gasteiger partial charge in [-0.15, -0.1) is 11.8 Å². The van der Waals surface area contributed by atoms with Gasteiger partial charge in [-0.25, -0.2) is 0 Å². The van der Waals surface area contributed by atoms with Gasteiger partial charge in [0.05, 0.1) is 0 Å². The van der Waals surface area contributed by atoms with Crippen LogP contribution in [0.2, 0.25) is 0 Å². The van der Waals surface area contributed by atoms with Crippen LogP contribution in [0.1, 0.15) is 24.4 Å². The van der Waals surface area contributed by atoms with Crippen LogP contribution in [0.3, 0.4) is 0 Å². The maximum absolute atomic E-state index is 12.6. The van der Waals surface area contributed by atoms with Crippen molar-refractivity contribution >= 4 is 11.8 Å². The number of nitrogens with zero attached hydrogens (tertiary/aromatic N) is 1. The number of rotatable bonds is 5. The molecule has 1 aromatic carbocycles. The summed E-state index contributed by atoms with van der Waals surface area (Å²) >= 11 is 1.64. The second-order valence-corrected chi connectivity index (χ2v) is 6.11. The number of benzene rings is 1. The summed E-state index contributed by atoms with van der Waals surface area (Å²) in [7, 11) is 0. The van der Waals surface area contributed by atoms with Gasteiger partial charge in [0, 0.05) is 43.5 Å². The Labute approximate surface area is 128 Å². The molecule has 0 unspecified atom stereocenters. The molecule has 1 N–H and O–H groups in total. The van der Waals surface area contributed by atoms with Gasteiger partial charge in [0.2, 0.25) is 0 Å². The van der Waals surface area contributed by atoms with Crippen LogP contribution in [-0.4, -0.2) is 43.5 Å². The molecule has 1 heterocycles. The Morgan fingerprint density at radius 3 is 2.33 bits per heavy atom. The van der Waals surface area contributed by atoms with E-state index < -0.39 is 12.6 Å². The maximum atomic E-state index is 12.6. The lowest BCUT2D eigenvalue weighted by molar-refractivity contribution is -0.138. The van der Waals surface area contributed by atoms with Gasteiger partial charge in [-0.1, -0.05) is 12.1 Å². The van der Waals surface area contributed by atoms with Gasteiger partial charge < -0.3 is 5.32 Å². The number of nitrogens with one attached hydrogen (secondary N) is 1. The fourth-order valence-corrected chi connectivity index (χ4v) is 3.09. The van der Waals surface area contributed by atoms with E-state index in [1.807, 2.05) is 30.5 Å². The average molecular weight is 318 g/mol. The summed E-state index contributed by atoms with van der Waals surface area (Å²) in [5.74, 6) is 0. The van der Waals surface area contributed by atoms with E-state index in [1.54, 1.807) is 11.8 Å². The lowest BCUT2D eigenvalue weighted by atomic mass is 9.99. The van der Waals surface area contributed by atoms with E-state index in [-0.39, 0.29) is 12.5 Å². The van der Waals surface area contributed by atoms with Crippen molar-refractivity contribution in [2.24, 2.45) is 0 Å². The van der Waals surface area contributed by atoms with Crippen LogP contribution in [0.4, 0.5) is 13.2 Å². The van der Waals surface area contributed by atoms with E-state index in [0.29, 0.717) is 0 Å². The molecule has 0 saturated carbocycles. The van der Waals surface area contributed by atoms with E-state index in [0.717, 1.165) is 36.6 Å². The molecule has 0 bridgehead atoms. The van der Waals surface area contributed by atoms with Crippen LogP contribution in [0.5, 0.6) is 0 Å². The molecular weight excluding hydrogens is 297 g/mol. The number of hydrogen-bond donors (Lipinski definition) is 1. The lowest BCUT2D eigenvalue weighted by Crippen LogP contribution is -2.45. The van der Waals surface area contributed by atoms with E-state index in [2.05, 4.69) is 10.2 Å². The molecular formula is C15H21F3N2S. The van der Waals surface area contributed by atoms with Crippen LogP contribution >= 0.6 is 11.8 Å². The predicted octanol–water partition coefficient (Wildman–Crippen LogP) is 3.70. The Balaban J connectivity index is 2.12. The quantitative estimate of drug-likeness (QED) is 0.834. The summed E-state index contributed by atoms with van der Waals surface area (Å²) in [5.41, 5.74) is 0.985. The molecule has 0 spiro atoms. The molecule has 1 fully saturated rings. The largest absolute Gasteiger partial charge is 0.389 e. The van der Waals surface area contributed by atoms with Gasteiger partial charge in [-0.05, 0) is 30.4 Å². The predicted molar refractivity (Wildman–Crippen MR) is 80.7 cm³/mol. The minimum atomic E-state index is -4.09. The molecule has 1 aliphatic heterocycles. The first-order valence-electron chi connectivity index (χ1n) is 7.15. The number of thioether (sulfide) groups is 1. The number of hydrogen-bond acceptors (Lipinski definition) is 3. The topological polar surface area (TPSA) is 15.3 Å². The minimum absolute atomic E-state index is 0.127. The second-order valence-electron chi connectivity index (χ2n) is 5.23. The Bertz CT molecular complexity index is 428. The fourth-order valence-electron chi connectivity index (χ4n) is 2.68. The van der Waals surface area contributed by atoms with Crippen LogP contribution in [0.15, 0.2) is 29.2 Å². The normalized spacial score (nSPS) is 18.7. The Kier molecular flexibility index (Phi) is 5.96. The summed E-state index contributed by atoms with van der Waals surface area (Å²) in [6.45, 7) is 3.27. The molecule has 118 valence electrons. The molecule has 1 aromatic rings. The summed E-state index contributed by atoms with van der Waals surface area (Å²) < 4.78 is 37.8. The van der Waals surface area contributed by atoms with Crippen molar-refractivity contribution in [2.75, 3.05) is 32.4 Å². The van der Waals surface area contributed by atoms with E-state index >= 15 is 0 Å². The summed E-state index contributed by atoms with van der Waals surface area (Å²) in [6.07, 6.45) is -2.70. The second kappa shape index (κ2) is 7.51. The van der Waals surface area contributed by atoms with Crippen LogP contribution in [0.25, 0.3) is 0 Å². The number of piperazine rings is 1. The third kappa shape index (κ3) is 5.20. The Morgan fingerprint density at radius 1 is 1.19 bits per heavy atom.